The van der Waals surface area contributed by atoms with Crippen molar-refractivity contribution in [1.82, 2.24) is 9.84 Å². The van der Waals surface area contributed by atoms with Crippen LogP contribution in [0.5, 0.6) is 17.2 Å². The van der Waals surface area contributed by atoms with Gasteiger partial charge in [0.05, 0.1) is 37.2 Å². The third-order valence-corrected chi connectivity index (χ3v) is 7.57. The molecular formula is C25H34N2O7S. The summed E-state index contributed by atoms with van der Waals surface area (Å²) in [6.45, 7) is 11.1. The number of hydrogen-bond acceptors (Lipinski definition) is 7. The highest BCUT2D eigenvalue weighted by Crippen LogP contribution is 2.35. The van der Waals surface area contributed by atoms with Crippen molar-refractivity contribution in [3.8, 4) is 17.2 Å². The first-order chi connectivity index (χ1) is 16.3. The summed E-state index contributed by atoms with van der Waals surface area (Å²) in [6.07, 6.45) is 0.00400. The normalized spacial score (nSPS) is 13.3. The lowest BCUT2D eigenvalue weighted by atomic mass is 10.1. The van der Waals surface area contributed by atoms with Crippen LogP contribution in [0.3, 0.4) is 0 Å². The van der Waals surface area contributed by atoms with Gasteiger partial charge in [0.25, 0.3) is 10.0 Å². The predicted octanol–water partition coefficient (Wildman–Crippen LogP) is 3.78. The van der Waals surface area contributed by atoms with Gasteiger partial charge in [0, 0.05) is 0 Å². The third kappa shape index (κ3) is 6.25. The number of aryl methyl sites for hydroxylation is 1. The van der Waals surface area contributed by atoms with Gasteiger partial charge in [-0.15, -0.1) is 4.41 Å². The van der Waals surface area contributed by atoms with Crippen molar-refractivity contribution in [1.29, 1.82) is 0 Å². The SMILES string of the molecule is COc1cc(C)c(S(=O)(=O)N(Cc2ccc3c(c2)OCO3)NC(=O)CCOC(C)(C)C)c(C)c1C. The quantitative estimate of drug-likeness (QED) is 0.516. The monoisotopic (exact) mass is 506 g/mol. The van der Waals surface area contributed by atoms with Gasteiger partial charge in [0.2, 0.25) is 12.7 Å². The van der Waals surface area contributed by atoms with E-state index in [1.54, 1.807) is 52.1 Å². The maximum Gasteiger partial charge on any atom is 0.260 e. The van der Waals surface area contributed by atoms with Gasteiger partial charge in [-0.25, -0.2) is 8.42 Å². The summed E-state index contributed by atoms with van der Waals surface area (Å²) < 4.78 is 50.6. The van der Waals surface area contributed by atoms with Gasteiger partial charge >= 0.3 is 0 Å². The number of ether oxygens (including phenoxy) is 4. The zero-order chi connectivity index (χ0) is 26.0. The van der Waals surface area contributed by atoms with Crippen molar-refractivity contribution in [2.45, 2.75) is 65.0 Å². The Labute approximate surface area is 207 Å². The molecule has 9 nitrogen and oxygen atoms in total. The highest BCUT2D eigenvalue weighted by Gasteiger charge is 2.31. The highest BCUT2D eigenvalue weighted by molar-refractivity contribution is 7.89. The fourth-order valence-electron chi connectivity index (χ4n) is 3.78. The number of rotatable bonds is 9. The number of amides is 1. The molecule has 2 aromatic carbocycles. The lowest BCUT2D eigenvalue weighted by Crippen LogP contribution is -2.46. The van der Waals surface area contributed by atoms with Crippen molar-refractivity contribution in [3.63, 3.8) is 0 Å². The van der Waals surface area contributed by atoms with E-state index in [2.05, 4.69) is 5.43 Å². The van der Waals surface area contributed by atoms with Crippen molar-refractivity contribution in [3.05, 3.63) is 46.5 Å². The molecule has 0 saturated heterocycles. The summed E-state index contributed by atoms with van der Waals surface area (Å²) in [5.74, 6) is 1.24. The Kier molecular flexibility index (Phi) is 7.98. The number of hydrogen-bond donors (Lipinski definition) is 1. The zero-order valence-corrected chi connectivity index (χ0v) is 22.2. The fourth-order valence-corrected chi connectivity index (χ4v) is 5.54. The molecule has 0 aromatic heterocycles. The molecule has 0 unspecified atom stereocenters. The average Bonchev–Trinajstić information content (AvgIpc) is 3.22. The van der Waals surface area contributed by atoms with E-state index in [0.717, 1.165) is 4.41 Å². The van der Waals surface area contributed by atoms with E-state index in [1.807, 2.05) is 20.8 Å². The molecule has 0 radical (unpaired) electrons. The van der Waals surface area contributed by atoms with Crippen LogP contribution in [0.1, 0.15) is 49.4 Å². The van der Waals surface area contributed by atoms with Crippen LogP contribution >= 0.6 is 0 Å². The van der Waals surface area contributed by atoms with Gasteiger partial charge in [0.1, 0.15) is 5.75 Å². The number of hydrazine groups is 1. The van der Waals surface area contributed by atoms with Gasteiger partial charge in [0.15, 0.2) is 11.5 Å². The highest BCUT2D eigenvalue weighted by atomic mass is 32.2. The molecule has 0 spiro atoms. The van der Waals surface area contributed by atoms with Gasteiger partial charge in [-0.1, -0.05) is 6.07 Å². The van der Waals surface area contributed by atoms with E-state index in [9.17, 15) is 13.2 Å². The summed E-state index contributed by atoms with van der Waals surface area (Å²) in [5, 5.41) is 0. The van der Waals surface area contributed by atoms with Crippen LogP contribution in [0.4, 0.5) is 0 Å². The van der Waals surface area contributed by atoms with E-state index < -0.39 is 21.5 Å². The molecule has 1 heterocycles. The number of methoxy groups -OCH3 is 1. The molecule has 1 aliphatic heterocycles. The summed E-state index contributed by atoms with van der Waals surface area (Å²) in [5.41, 5.74) is 4.59. The number of nitrogens with one attached hydrogen (secondary N) is 1. The van der Waals surface area contributed by atoms with Gasteiger partial charge in [-0.2, -0.15) is 0 Å². The molecule has 0 bridgehead atoms. The average molecular weight is 507 g/mol. The molecule has 192 valence electrons. The Morgan fingerprint density at radius 1 is 1.09 bits per heavy atom. The largest absolute Gasteiger partial charge is 0.496 e. The van der Waals surface area contributed by atoms with E-state index >= 15 is 0 Å². The fraction of sp³-hybridized carbons (Fsp3) is 0.480. The topological polar surface area (TPSA) is 103 Å². The predicted molar refractivity (Wildman–Crippen MR) is 131 cm³/mol. The standard InChI is InChI=1S/C25H34N2O7S/c1-16-12-21(31-7)17(2)18(3)24(16)35(29,30)27(26-23(28)10-11-34-25(4,5)6)14-19-8-9-20-22(13-19)33-15-32-20/h8-9,12-13H,10-11,14-15H2,1-7H3,(H,26,28). The maximum absolute atomic E-state index is 13.9. The second-order valence-corrected chi connectivity index (χ2v) is 11.2. The molecular weight excluding hydrogens is 472 g/mol. The van der Waals surface area contributed by atoms with Crippen molar-refractivity contribution < 1.29 is 32.2 Å². The number of fused-ring (bicyclic) bond motifs is 1. The molecule has 3 rings (SSSR count). The van der Waals surface area contributed by atoms with Gasteiger partial charge < -0.3 is 18.9 Å². The molecule has 2 aromatic rings. The molecule has 1 aliphatic rings. The minimum atomic E-state index is -4.14. The van der Waals surface area contributed by atoms with Crippen LogP contribution in [-0.4, -0.2) is 44.8 Å². The maximum atomic E-state index is 13.9. The van der Waals surface area contributed by atoms with E-state index in [4.69, 9.17) is 18.9 Å². The van der Waals surface area contributed by atoms with Crippen LogP contribution < -0.4 is 19.6 Å². The lowest BCUT2D eigenvalue weighted by molar-refractivity contribution is -0.126. The van der Waals surface area contributed by atoms with Crippen molar-refractivity contribution in [2.75, 3.05) is 20.5 Å². The first kappa shape index (κ1) is 26.8. The number of sulfonamides is 1. The van der Waals surface area contributed by atoms with Gasteiger partial charge in [-0.3, -0.25) is 10.2 Å². The van der Waals surface area contributed by atoms with Crippen molar-refractivity contribution in [2.24, 2.45) is 0 Å². The number of carbonyl (C=O) groups is 1. The molecule has 0 atom stereocenters. The van der Waals surface area contributed by atoms with Crippen LogP contribution in [-0.2, 0) is 26.1 Å². The second kappa shape index (κ2) is 10.4. The third-order valence-electron chi connectivity index (χ3n) is 5.62. The van der Waals surface area contributed by atoms with Crippen LogP contribution in [0, 0.1) is 20.8 Å². The van der Waals surface area contributed by atoms with Crippen LogP contribution in [0.2, 0.25) is 0 Å². The Bertz CT molecular complexity index is 1200. The lowest BCUT2D eigenvalue weighted by Gasteiger charge is -2.26. The van der Waals surface area contributed by atoms with E-state index in [-0.39, 0.29) is 31.3 Å². The Morgan fingerprint density at radius 3 is 2.43 bits per heavy atom. The zero-order valence-electron chi connectivity index (χ0n) is 21.4. The van der Waals surface area contributed by atoms with Crippen LogP contribution in [0.25, 0.3) is 0 Å². The Morgan fingerprint density at radius 2 is 1.77 bits per heavy atom. The van der Waals surface area contributed by atoms with E-state index in [0.29, 0.717) is 39.5 Å². The first-order valence-electron chi connectivity index (χ1n) is 11.3. The number of carbonyl (C=O) groups excluding carboxylic acids is 1. The van der Waals surface area contributed by atoms with Gasteiger partial charge in [-0.05, 0) is 82.0 Å². The smallest absolute Gasteiger partial charge is 0.260 e. The molecule has 0 aliphatic carbocycles. The molecule has 10 heteroatoms. The number of benzene rings is 2. The Hall–Kier alpha value is -2.82. The molecule has 0 saturated carbocycles. The second-order valence-electron chi connectivity index (χ2n) is 9.42. The summed E-state index contributed by atoms with van der Waals surface area (Å²) in [6, 6.07) is 6.85. The summed E-state index contributed by atoms with van der Waals surface area (Å²) >= 11 is 0. The summed E-state index contributed by atoms with van der Waals surface area (Å²) in [4.78, 5) is 12.9. The molecule has 0 fully saturated rings. The van der Waals surface area contributed by atoms with Crippen molar-refractivity contribution >= 4 is 15.9 Å². The number of nitrogens with zero attached hydrogens (tertiary/aromatic N) is 1. The van der Waals surface area contributed by atoms with Crippen LogP contribution in [0.15, 0.2) is 29.2 Å². The van der Waals surface area contributed by atoms with E-state index in [1.165, 1.54) is 0 Å². The minimum absolute atomic E-state index is 0.00400. The first-order valence-corrected chi connectivity index (χ1v) is 12.8. The molecule has 1 N–H and O–H groups in total. The molecule has 1 amide bonds. The minimum Gasteiger partial charge on any atom is -0.496 e. The molecule has 35 heavy (non-hydrogen) atoms. The Balaban J connectivity index is 1.95. The summed E-state index contributed by atoms with van der Waals surface area (Å²) in [7, 11) is -2.59.